The Morgan fingerprint density at radius 2 is 1.24 bits per heavy atom. The van der Waals surface area contributed by atoms with Gasteiger partial charge >= 0.3 is 0 Å². The Hall–Kier alpha value is -5.46. The first kappa shape index (κ1) is 29.3. The Balaban J connectivity index is 1.55. The second-order valence-electron chi connectivity index (χ2n) is 12.1. The predicted molar refractivity (Wildman–Crippen MR) is 201 cm³/mol. The van der Waals surface area contributed by atoms with E-state index in [1.807, 2.05) is 13.0 Å². The van der Waals surface area contributed by atoms with Crippen molar-refractivity contribution in [2.45, 2.75) is 26.2 Å². The van der Waals surface area contributed by atoms with Crippen LogP contribution in [-0.2, 0) is 0 Å². The van der Waals surface area contributed by atoms with Crippen molar-refractivity contribution in [1.82, 2.24) is 0 Å². The SMILES string of the molecule is C=C/C(=C\C=C\C)c1ccc2c(-c3ccc(-c4ccccc4)cc3)c3cc(C4C=CC(C)=CC4)ccc3c(-c3ccccc3)c2c1. The predicted octanol–water partition coefficient (Wildman–Crippen LogP) is 13.1. The van der Waals surface area contributed by atoms with Gasteiger partial charge in [-0.3, -0.25) is 0 Å². The lowest BCUT2D eigenvalue weighted by Crippen LogP contribution is -1.99. The van der Waals surface area contributed by atoms with Crippen LogP contribution >= 0.6 is 0 Å². The maximum absolute atomic E-state index is 4.15. The van der Waals surface area contributed by atoms with Crippen LogP contribution in [0.15, 0.2) is 176 Å². The number of hydrogen-bond donors (Lipinski definition) is 0. The standard InChI is InChI=1S/C46H38/c1-4-6-13-33(5-2)39-26-28-42-43(30-39)45(37-16-11-8-12-17-37)41-29-27-40(36-20-18-32(3)19-21-36)31-44(41)46(42)38-24-22-35(23-25-38)34-14-9-7-10-15-34/h4-20,22-31,36H,2,21H2,1,3H3/b6-4+,33-13+. The van der Waals surface area contributed by atoms with Crippen LogP contribution in [0.5, 0.6) is 0 Å². The van der Waals surface area contributed by atoms with Crippen LogP contribution in [-0.4, -0.2) is 0 Å². The molecule has 1 unspecified atom stereocenters. The van der Waals surface area contributed by atoms with Gasteiger partial charge in [-0.1, -0.05) is 164 Å². The summed E-state index contributed by atoms with van der Waals surface area (Å²) < 4.78 is 0. The third-order valence-electron chi connectivity index (χ3n) is 9.22. The molecule has 0 aliphatic heterocycles. The van der Waals surface area contributed by atoms with Crippen LogP contribution < -0.4 is 0 Å². The van der Waals surface area contributed by atoms with E-state index in [0.29, 0.717) is 5.92 Å². The molecular formula is C46H38. The first-order chi connectivity index (χ1) is 22.6. The third kappa shape index (κ3) is 5.59. The van der Waals surface area contributed by atoms with E-state index in [4.69, 9.17) is 0 Å². The molecule has 1 aliphatic carbocycles. The van der Waals surface area contributed by atoms with Crippen LogP contribution in [0.1, 0.15) is 37.3 Å². The summed E-state index contributed by atoms with van der Waals surface area (Å²) in [5.74, 6) is 0.367. The van der Waals surface area contributed by atoms with Crippen molar-refractivity contribution in [3.63, 3.8) is 0 Å². The second-order valence-corrected chi connectivity index (χ2v) is 12.1. The summed E-state index contributed by atoms with van der Waals surface area (Å²) in [4.78, 5) is 0. The van der Waals surface area contributed by atoms with E-state index in [0.717, 1.165) is 17.6 Å². The normalized spacial score (nSPS) is 15.0. The highest BCUT2D eigenvalue weighted by atomic mass is 14.2. The maximum Gasteiger partial charge on any atom is 0.00561 e. The molecule has 0 saturated heterocycles. The average Bonchev–Trinajstić information content (AvgIpc) is 3.12. The van der Waals surface area contributed by atoms with Gasteiger partial charge in [0.25, 0.3) is 0 Å². The van der Waals surface area contributed by atoms with Crippen LogP contribution in [0, 0.1) is 0 Å². The summed E-state index contributed by atoms with van der Waals surface area (Å²) >= 11 is 0. The first-order valence-corrected chi connectivity index (χ1v) is 16.2. The van der Waals surface area contributed by atoms with Gasteiger partial charge in [0.1, 0.15) is 0 Å². The summed E-state index contributed by atoms with van der Waals surface area (Å²) in [6.45, 7) is 8.37. The van der Waals surface area contributed by atoms with E-state index < -0.39 is 0 Å². The monoisotopic (exact) mass is 590 g/mol. The second kappa shape index (κ2) is 12.9. The molecule has 0 N–H and O–H groups in total. The highest BCUT2D eigenvalue weighted by Gasteiger charge is 2.20. The lowest BCUT2D eigenvalue weighted by molar-refractivity contribution is 0.847. The molecular weight excluding hydrogens is 553 g/mol. The van der Waals surface area contributed by atoms with Crippen molar-refractivity contribution in [3.8, 4) is 33.4 Å². The van der Waals surface area contributed by atoms with Crippen molar-refractivity contribution in [3.05, 3.63) is 187 Å². The van der Waals surface area contributed by atoms with Crippen molar-refractivity contribution in [1.29, 1.82) is 0 Å². The minimum Gasteiger partial charge on any atom is -0.0984 e. The fraction of sp³-hybridized carbons (Fsp3) is 0.0870. The molecule has 0 spiro atoms. The molecule has 0 heteroatoms. The summed E-state index contributed by atoms with van der Waals surface area (Å²) in [7, 11) is 0. The number of hydrogen-bond acceptors (Lipinski definition) is 0. The molecule has 0 fully saturated rings. The van der Waals surface area contributed by atoms with Gasteiger partial charge in [-0.05, 0) is 104 Å². The number of fused-ring (bicyclic) bond motifs is 2. The molecule has 1 aliphatic rings. The minimum atomic E-state index is 0.367. The lowest BCUT2D eigenvalue weighted by Gasteiger charge is -2.21. The molecule has 6 aromatic carbocycles. The fourth-order valence-corrected chi connectivity index (χ4v) is 6.80. The molecule has 0 radical (unpaired) electrons. The summed E-state index contributed by atoms with van der Waals surface area (Å²) in [6.07, 6.45) is 16.2. The zero-order chi connectivity index (χ0) is 31.5. The van der Waals surface area contributed by atoms with E-state index in [9.17, 15) is 0 Å². The molecule has 0 nitrogen and oxygen atoms in total. The Labute approximate surface area is 273 Å². The number of allylic oxidation sites excluding steroid dienone is 9. The zero-order valence-electron chi connectivity index (χ0n) is 26.6. The highest BCUT2D eigenvalue weighted by molar-refractivity contribution is 6.22. The van der Waals surface area contributed by atoms with Gasteiger partial charge in [-0.25, -0.2) is 0 Å². The minimum absolute atomic E-state index is 0.367. The van der Waals surface area contributed by atoms with E-state index in [-0.39, 0.29) is 0 Å². The Morgan fingerprint density at radius 1 is 0.652 bits per heavy atom. The van der Waals surface area contributed by atoms with Gasteiger partial charge in [0, 0.05) is 5.92 Å². The zero-order valence-corrected chi connectivity index (χ0v) is 26.6. The number of benzene rings is 6. The molecule has 1 atom stereocenters. The fourth-order valence-electron chi connectivity index (χ4n) is 6.80. The van der Waals surface area contributed by atoms with Crippen LogP contribution in [0.25, 0.3) is 60.5 Å². The summed E-state index contributed by atoms with van der Waals surface area (Å²) in [5, 5.41) is 5.06. The van der Waals surface area contributed by atoms with Gasteiger partial charge in [0.15, 0.2) is 0 Å². The Kier molecular flexibility index (Phi) is 8.19. The quantitative estimate of drug-likeness (QED) is 0.128. The van der Waals surface area contributed by atoms with Gasteiger partial charge in [-0.2, -0.15) is 0 Å². The smallest absolute Gasteiger partial charge is 0.00561 e. The van der Waals surface area contributed by atoms with Gasteiger partial charge in [0.2, 0.25) is 0 Å². The van der Waals surface area contributed by atoms with E-state index in [2.05, 4.69) is 171 Å². The maximum atomic E-state index is 4.15. The average molecular weight is 591 g/mol. The molecule has 46 heavy (non-hydrogen) atoms. The van der Waals surface area contributed by atoms with E-state index in [1.165, 1.54) is 66.1 Å². The summed E-state index contributed by atoms with van der Waals surface area (Å²) in [5.41, 5.74) is 12.4. The molecule has 222 valence electrons. The molecule has 0 bridgehead atoms. The molecule has 0 saturated carbocycles. The molecule has 0 aromatic heterocycles. The lowest BCUT2D eigenvalue weighted by atomic mass is 9.82. The Morgan fingerprint density at radius 3 is 1.87 bits per heavy atom. The van der Waals surface area contributed by atoms with E-state index >= 15 is 0 Å². The Bertz CT molecular complexity index is 2170. The van der Waals surface area contributed by atoms with Gasteiger partial charge in [0.05, 0.1) is 0 Å². The summed E-state index contributed by atoms with van der Waals surface area (Å²) in [6, 6.07) is 44.7. The van der Waals surface area contributed by atoms with Crippen molar-refractivity contribution < 1.29 is 0 Å². The van der Waals surface area contributed by atoms with Crippen molar-refractivity contribution in [2.75, 3.05) is 0 Å². The molecule has 6 aromatic rings. The molecule has 0 heterocycles. The third-order valence-corrected chi connectivity index (χ3v) is 9.22. The van der Waals surface area contributed by atoms with Gasteiger partial charge in [-0.15, -0.1) is 0 Å². The van der Waals surface area contributed by atoms with Crippen molar-refractivity contribution in [2.24, 2.45) is 0 Å². The number of rotatable bonds is 7. The topological polar surface area (TPSA) is 0 Å². The molecule has 0 amide bonds. The highest BCUT2D eigenvalue weighted by Crippen LogP contribution is 2.46. The first-order valence-electron chi connectivity index (χ1n) is 16.2. The van der Waals surface area contributed by atoms with Gasteiger partial charge < -0.3 is 0 Å². The molecule has 7 rings (SSSR count). The van der Waals surface area contributed by atoms with E-state index in [1.54, 1.807) is 0 Å². The van der Waals surface area contributed by atoms with Crippen molar-refractivity contribution >= 4 is 27.1 Å². The van der Waals surface area contributed by atoms with Crippen LogP contribution in [0.4, 0.5) is 0 Å². The largest absolute Gasteiger partial charge is 0.0984 e. The van der Waals surface area contributed by atoms with Crippen LogP contribution in [0.2, 0.25) is 0 Å². The van der Waals surface area contributed by atoms with Crippen LogP contribution in [0.3, 0.4) is 0 Å².